The molecule has 2 N–H and O–H groups in total. The van der Waals surface area contributed by atoms with Crippen molar-refractivity contribution in [2.75, 3.05) is 19.4 Å². The smallest absolute Gasteiger partial charge is 0.319 e. The molecule has 0 heterocycles. The van der Waals surface area contributed by atoms with Gasteiger partial charge in [0.05, 0.1) is 0 Å². The number of rotatable bonds is 4. The van der Waals surface area contributed by atoms with Crippen molar-refractivity contribution in [3.63, 3.8) is 0 Å². The molecule has 3 rings (SSSR count). The first-order valence-corrected chi connectivity index (χ1v) is 8.83. The van der Waals surface area contributed by atoms with Crippen molar-refractivity contribution in [1.29, 1.82) is 0 Å². The minimum Gasteiger partial charge on any atom is -0.345 e. The van der Waals surface area contributed by atoms with E-state index in [1.807, 2.05) is 0 Å². The summed E-state index contributed by atoms with van der Waals surface area (Å²) in [7, 11) is 3.43. The first-order chi connectivity index (χ1) is 11.4. The standard InChI is InChI=1S/C19H27N3O2/c1-12(17-10-13-7-8-14(17)9-13)20-19(24)21-16-6-4-5-15(11-16)18(23)22(2)3/h4-6,11-14,17H,7-10H2,1-3H3,(H2,20,21,24)/t12-,13-,14-,17-/m0/s1. The third-order valence-electron chi connectivity index (χ3n) is 5.57. The quantitative estimate of drug-likeness (QED) is 0.890. The van der Waals surface area contributed by atoms with Crippen molar-refractivity contribution in [3.05, 3.63) is 29.8 Å². The number of anilines is 1. The molecular formula is C19H27N3O2. The summed E-state index contributed by atoms with van der Waals surface area (Å²) in [6, 6.07) is 7.04. The molecule has 0 aliphatic heterocycles. The van der Waals surface area contributed by atoms with E-state index in [0.717, 1.165) is 11.8 Å². The van der Waals surface area contributed by atoms with E-state index in [2.05, 4.69) is 17.6 Å². The summed E-state index contributed by atoms with van der Waals surface area (Å²) < 4.78 is 0. The lowest BCUT2D eigenvalue weighted by Gasteiger charge is -2.28. The lowest BCUT2D eigenvalue weighted by atomic mass is 9.84. The molecule has 5 heteroatoms. The Labute approximate surface area is 143 Å². The van der Waals surface area contributed by atoms with E-state index in [1.165, 1.54) is 30.6 Å². The van der Waals surface area contributed by atoms with Crippen LogP contribution in [0.1, 0.15) is 43.0 Å². The van der Waals surface area contributed by atoms with Crippen LogP contribution in [0.25, 0.3) is 0 Å². The van der Waals surface area contributed by atoms with Crippen molar-refractivity contribution in [1.82, 2.24) is 10.2 Å². The molecule has 2 saturated carbocycles. The lowest BCUT2D eigenvalue weighted by Crippen LogP contribution is -2.42. The zero-order valence-corrected chi connectivity index (χ0v) is 14.7. The molecule has 130 valence electrons. The molecule has 0 aromatic heterocycles. The lowest BCUT2D eigenvalue weighted by molar-refractivity contribution is 0.0827. The fourth-order valence-electron chi connectivity index (χ4n) is 4.38. The number of urea groups is 1. The van der Waals surface area contributed by atoms with Crippen LogP contribution >= 0.6 is 0 Å². The predicted molar refractivity (Wildman–Crippen MR) is 95.0 cm³/mol. The van der Waals surface area contributed by atoms with Gasteiger partial charge in [0.15, 0.2) is 0 Å². The fourth-order valence-corrected chi connectivity index (χ4v) is 4.38. The van der Waals surface area contributed by atoms with Gasteiger partial charge in [0.1, 0.15) is 0 Å². The maximum Gasteiger partial charge on any atom is 0.319 e. The second-order valence-corrected chi connectivity index (χ2v) is 7.51. The number of fused-ring (bicyclic) bond motifs is 2. The van der Waals surface area contributed by atoms with Crippen molar-refractivity contribution in [3.8, 4) is 0 Å². The van der Waals surface area contributed by atoms with Crippen molar-refractivity contribution >= 4 is 17.6 Å². The number of benzene rings is 1. The third kappa shape index (κ3) is 3.55. The monoisotopic (exact) mass is 329 g/mol. The molecule has 0 unspecified atom stereocenters. The second-order valence-electron chi connectivity index (χ2n) is 7.51. The van der Waals surface area contributed by atoms with Crippen LogP contribution in [-0.4, -0.2) is 37.0 Å². The number of nitrogens with one attached hydrogen (secondary N) is 2. The van der Waals surface area contributed by atoms with Crippen molar-refractivity contribution in [2.24, 2.45) is 17.8 Å². The highest BCUT2D eigenvalue weighted by atomic mass is 16.2. The average Bonchev–Trinajstić information content (AvgIpc) is 3.17. The number of nitrogens with zero attached hydrogens (tertiary/aromatic N) is 1. The number of amides is 3. The molecule has 0 saturated heterocycles. The zero-order chi connectivity index (χ0) is 17.3. The Bertz CT molecular complexity index is 629. The topological polar surface area (TPSA) is 61.4 Å². The van der Waals surface area contributed by atoms with E-state index in [4.69, 9.17) is 0 Å². The van der Waals surface area contributed by atoms with Crippen LogP contribution in [0.15, 0.2) is 24.3 Å². The van der Waals surface area contributed by atoms with Gasteiger partial charge in [-0.3, -0.25) is 4.79 Å². The van der Waals surface area contributed by atoms with Crippen LogP contribution in [0.4, 0.5) is 10.5 Å². The molecule has 24 heavy (non-hydrogen) atoms. The van der Waals surface area contributed by atoms with Crippen molar-refractivity contribution < 1.29 is 9.59 Å². The maximum atomic E-state index is 12.3. The highest BCUT2D eigenvalue weighted by Crippen LogP contribution is 2.49. The summed E-state index contributed by atoms with van der Waals surface area (Å²) in [6.45, 7) is 2.11. The van der Waals surface area contributed by atoms with Gasteiger partial charge >= 0.3 is 6.03 Å². The molecule has 4 atom stereocenters. The van der Waals surface area contributed by atoms with Gasteiger partial charge in [-0.2, -0.15) is 0 Å². The maximum absolute atomic E-state index is 12.3. The van der Waals surface area contributed by atoms with Gasteiger partial charge in [0.2, 0.25) is 0 Å². The summed E-state index contributed by atoms with van der Waals surface area (Å²) in [5.74, 6) is 2.19. The van der Waals surface area contributed by atoms with Crippen LogP contribution in [0, 0.1) is 17.8 Å². The molecule has 0 radical (unpaired) electrons. The van der Waals surface area contributed by atoms with E-state index < -0.39 is 0 Å². The molecule has 0 spiro atoms. The number of hydrogen-bond donors (Lipinski definition) is 2. The number of hydrogen-bond acceptors (Lipinski definition) is 2. The molecule has 2 aliphatic carbocycles. The van der Waals surface area contributed by atoms with Crippen LogP contribution in [0.2, 0.25) is 0 Å². The Balaban J connectivity index is 1.57. The largest absolute Gasteiger partial charge is 0.345 e. The Hall–Kier alpha value is -2.04. The third-order valence-corrected chi connectivity index (χ3v) is 5.57. The summed E-state index contributed by atoms with van der Waals surface area (Å²) in [5, 5.41) is 5.93. The number of carbonyl (C=O) groups is 2. The highest BCUT2D eigenvalue weighted by Gasteiger charge is 2.42. The normalized spacial score (nSPS) is 26.0. The molecule has 2 bridgehead atoms. The van der Waals surface area contributed by atoms with Crippen LogP contribution < -0.4 is 10.6 Å². The predicted octanol–water partition coefficient (Wildman–Crippen LogP) is 3.33. The van der Waals surface area contributed by atoms with E-state index in [-0.39, 0.29) is 18.0 Å². The van der Waals surface area contributed by atoms with E-state index in [0.29, 0.717) is 17.2 Å². The van der Waals surface area contributed by atoms with Gasteiger partial charge in [-0.25, -0.2) is 4.79 Å². The van der Waals surface area contributed by atoms with E-state index in [1.54, 1.807) is 38.4 Å². The molecular weight excluding hydrogens is 302 g/mol. The first kappa shape index (κ1) is 16.8. The summed E-state index contributed by atoms with van der Waals surface area (Å²) in [5.41, 5.74) is 1.21. The molecule has 5 nitrogen and oxygen atoms in total. The van der Waals surface area contributed by atoms with Gasteiger partial charge in [-0.1, -0.05) is 12.5 Å². The number of carbonyl (C=O) groups excluding carboxylic acids is 2. The van der Waals surface area contributed by atoms with Crippen LogP contribution in [0.3, 0.4) is 0 Å². The van der Waals surface area contributed by atoms with E-state index >= 15 is 0 Å². The molecule has 1 aromatic rings. The Kier molecular flexibility index (Phi) is 4.78. The second kappa shape index (κ2) is 6.83. The highest BCUT2D eigenvalue weighted by molar-refractivity contribution is 5.96. The van der Waals surface area contributed by atoms with Crippen molar-refractivity contribution in [2.45, 2.75) is 38.6 Å². The average molecular weight is 329 g/mol. The van der Waals surface area contributed by atoms with Gasteiger partial charge < -0.3 is 15.5 Å². The molecule has 2 fully saturated rings. The summed E-state index contributed by atoms with van der Waals surface area (Å²) in [6.07, 6.45) is 5.27. The molecule has 3 amide bonds. The Morgan fingerprint density at radius 1 is 1.21 bits per heavy atom. The summed E-state index contributed by atoms with van der Waals surface area (Å²) in [4.78, 5) is 25.8. The Morgan fingerprint density at radius 2 is 2.00 bits per heavy atom. The van der Waals surface area contributed by atoms with Gasteiger partial charge in [0, 0.05) is 31.4 Å². The molecule has 1 aromatic carbocycles. The minimum absolute atomic E-state index is 0.0746. The van der Waals surface area contributed by atoms with Gasteiger partial charge in [0.25, 0.3) is 5.91 Å². The van der Waals surface area contributed by atoms with Crippen LogP contribution in [0.5, 0.6) is 0 Å². The first-order valence-electron chi connectivity index (χ1n) is 8.83. The minimum atomic E-state index is -0.195. The van der Waals surface area contributed by atoms with E-state index in [9.17, 15) is 9.59 Å². The SMILES string of the molecule is C[C@H](NC(=O)Nc1cccc(C(=O)N(C)C)c1)[C@@H]1C[C@H]2CC[C@H]1C2. The van der Waals surface area contributed by atoms with Crippen LogP contribution in [-0.2, 0) is 0 Å². The zero-order valence-electron chi connectivity index (χ0n) is 14.7. The van der Waals surface area contributed by atoms with Gasteiger partial charge in [-0.05, 0) is 62.1 Å². The molecule has 2 aliphatic rings. The Morgan fingerprint density at radius 3 is 2.62 bits per heavy atom. The van der Waals surface area contributed by atoms with Gasteiger partial charge in [-0.15, -0.1) is 0 Å². The summed E-state index contributed by atoms with van der Waals surface area (Å²) >= 11 is 0. The fraction of sp³-hybridized carbons (Fsp3) is 0.579.